The monoisotopic (exact) mass is 263 g/mol. The predicted octanol–water partition coefficient (Wildman–Crippen LogP) is 3.03. The summed E-state index contributed by atoms with van der Waals surface area (Å²) in [6.07, 6.45) is 0. The number of Topliss-reactive ketones (excluding diaryl/α,β-unsaturated/α-hetero) is 2. The van der Waals surface area contributed by atoms with Crippen molar-refractivity contribution in [2.24, 2.45) is 11.3 Å². The van der Waals surface area contributed by atoms with E-state index in [0.717, 1.165) is 0 Å². The molecule has 19 heavy (non-hydrogen) atoms. The summed E-state index contributed by atoms with van der Waals surface area (Å²) in [5.74, 6) is -1.37. The Morgan fingerprint density at radius 1 is 1.26 bits per heavy atom. The quantitative estimate of drug-likeness (QED) is 0.362. The molecule has 1 rings (SSSR count). The van der Waals surface area contributed by atoms with E-state index in [4.69, 9.17) is 0 Å². The molecular formula is C14H17NO4. The molecule has 0 aliphatic carbocycles. The number of hydrogen-bond acceptors (Lipinski definition) is 4. The molecule has 0 amide bonds. The van der Waals surface area contributed by atoms with Gasteiger partial charge in [-0.15, -0.1) is 0 Å². The van der Waals surface area contributed by atoms with E-state index in [-0.39, 0.29) is 22.8 Å². The second-order valence-corrected chi connectivity index (χ2v) is 5.51. The van der Waals surface area contributed by atoms with Crippen LogP contribution < -0.4 is 0 Å². The van der Waals surface area contributed by atoms with E-state index in [0.29, 0.717) is 0 Å². The van der Waals surface area contributed by atoms with Gasteiger partial charge in [-0.05, 0) is 6.92 Å². The first-order valence-corrected chi connectivity index (χ1v) is 5.97. The summed E-state index contributed by atoms with van der Waals surface area (Å²) < 4.78 is 0. The standard InChI is InChI=1S/C14H17NO4/c1-9(13(17)14(2,3)4)12(16)10-6-5-7-11(8-10)15(18)19/h5-9H,1-4H3. The van der Waals surface area contributed by atoms with E-state index in [2.05, 4.69) is 0 Å². The number of rotatable bonds is 4. The van der Waals surface area contributed by atoms with Crippen LogP contribution in [0, 0.1) is 21.4 Å². The lowest BCUT2D eigenvalue weighted by Crippen LogP contribution is -2.31. The van der Waals surface area contributed by atoms with Crippen LogP contribution in [0.15, 0.2) is 24.3 Å². The van der Waals surface area contributed by atoms with Gasteiger partial charge in [0.05, 0.1) is 10.8 Å². The lowest BCUT2D eigenvalue weighted by molar-refractivity contribution is -0.384. The fourth-order valence-corrected chi connectivity index (χ4v) is 1.79. The molecule has 0 spiro atoms. The van der Waals surface area contributed by atoms with Gasteiger partial charge in [-0.1, -0.05) is 32.9 Å². The Labute approximate surface area is 111 Å². The molecule has 5 nitrogen and oxygen atoms in total. The van der Waals surface area contributed by atoms with Crippen molar-refractivity contribution in [3.63, 3.8) is 0 Å². The van der Waals surface area contributed by atoms with Gasteiger partial charge in [0.15, 0.2) is 5.78 Å². The molecule has 0 aliphatic rings. The number of non-ortho nitro benzene ring substituents is 1. The van der Waals surface area contributed by atoms with E-state index in [1.165, 1.54) is 31.2 Å². The molecule has 1 aromatic rings. The zero-order valence-corrected chi connectivity index (χ0v) is 11.5. The topological polar surface area (TPSA) is 77.3 Å². The smallest absolute Gasteiger partial charge is 0.270 e. The van der Waals surface area contributed by atoms with Crippen LogP contribution in [0.3, 0.4) is 0 Å². The summed E-state index contributed by atoms with van der Waals surface area (Å²) in [6, 6.07) is 5.45. The van der Waals surface area contributed by atoms with E-state index in [1.807, 2.05) is 0 Å². The highest BCUT2D eigenvalue weighted by Crippen LogP contribution is 2.24. The number of benzene rings is 1. The molecule has 0 heterocycles. The molecule has 0 saturated heterocycles. The van der Waals surface area contributed by atoms with Gasteiger partial charge in [0.2, 0.25) is 0 Å². The number of carbonyl (C=O) groups excluding carboxylic acids is 2. The Morgan fingerprint density at radius 3 is 2.32 bits per heavy atom. The number of nitro benzene ring substituents is 1. The van der Waals surface area contributed by atoms with Crippen molar-refractivity contribution < 1.29 is 14.5 Å². The Kier molecular flexibility index (Phi) is 4.19. The zero-order chi connectivity index (χ0) is 14.8. The van der Waals surface area contributed by atoms with Crippen molar-refractivity contribution in [2.75, 3.05) is 0 Å². The second kappa shape index (κ2) is 5.30. The lowest BCUT2D eigenvalue weighted by atomic mass is 9.81. The van der Waals surface area contributed by atoms with Crippen LogP contribution in [0.5, 0.6) is 0 Å². The predicted molar refractivity (Wildman–Crippen MR) is 71.1 cm³/mol. The van der Waals surface area contributed by atoms with Crippen LogP contribution in [-0.4, -0.2) is 16.5 Å². The Balaban J connectivity index is 3.04. The van der Waals surface area contributed by atoms with Crippen molar-refractivity contribution in [3.05, 3.63) is 39.9 Å². The number of nitrogens with zero attached hydrogens (tertiary/aromatic N) is 1. The van der Waals surface area contributed by atoms with Gasteiger partial charge in [0.25, 0.3) is 5.69 Å². The van der Waals surface area contributed by atoms with Crippen LogP contribution in [0.2, 0.25) is 0 Å². The highest BCUT2D eigenvalue weighted by atomic mass is 16.6. The molecule has 0 fully saturated rings. The van der Waals surface area contributed by atoms with Crippen molar-refractivity contribution in [2.45, 2.75) is 27.7 Å². The first-order chi connectivity index (χ1) is 8.64. The molecule has 0 aliphatic heterocycles. The normalized spacial score (nSPS) is 12.8. The largest absolute Gasteiger partial charge is 0.298 e. The SMILES string of the molecule is CC(C(=O)c1cccc([N+](=O)[O-])c1)C(=O)C(C)(C)C. The first kappa shape index (κ1) is 15.0. The third-order valence-corrected chi connectivity index (χ3v) is 2.87. The molecule has 102 valence electrons. The van der Waals surface area contributed by atoms with Gasteiger partial charge < -0.3 is 0 Å². The van der Waals surface area contributed by atoms with Crippen LogP contribution in [0.4, 0.5) is 5.69 Å². The third-order valence-electron chi connectivity index (χ3n) is 2.87. The minimum atomic E-state index is -0.804. The Hall–Kier alpha value is -2.04. The third kappa shape index (κ3) is 3.47. The summed E-state index contributed by atoms with van der Waals surface area (Å²) in [5.41, 5.74) is -0.573. The fraction of sp³-hybridized carbons (Fsp3) is 0.429. The Bertz CT molecular complexity index is 528. The lowest BCUT2D eigenvalue weighted by Gasteiger charge is -2.20. The molecule has 5 heteroatoms. The van der Waals surface area contributed by atoms with Crippen LogP contribution >= 0.6 is 0 Å². The van der Waals surface area contributed by atoms with Crippen molar-refractivity contribution in [1.82, 2.24) is 0 Å². The molecule has 0 bridgehead atoms. The van der Waals surface area contributed by atoms with Gasteiger partial charge in [0.1, 0.15) is 5.78 Å². The molecule has 1 atom stereocenters. The van der Waals surface area contributed by atoms with Crippen LogP contribution in [-0.2, 0) is 4.79 Å². The minimum Gasteiger partial charge on any atom is -0.298 e. The number of nitro groups is 1. The molecular weight excluding hydrogens is 246 g/mol. The minimum absolute atomic E-state index is 0.152. The number of hydrogen-bond donors (Lipinski definition) is 0. The highest BCUT2D eigenvalue weighted by Gasteiger charge is 2.31. The maximum Gasteiger partial charge on any atom is 0.270 e. The van der Waals surface area contributed by atoms with Gasteiger partial charge in [0, 0.05) is 23.1 Å². The summed E-state index contributed by atoms with van der Waals surface area (Å²) in [7, 11) is 0. The zero-order valence-electron chi connectivity index (χ0n) is 11.5. The molecule has 0 radical (unpaired) electrons. The van der Waals surface area contributed by atoms with Gasteiger partial charge >= 0.3 is 0 Å². The number of carbonyl (C=O) groups is 2. The average Bonchev–Trinajstić information content (AvgIpc) is 2.35. The van der Waals surface area contributed by atoms with E-state index >= 15 is 0 Å². The maximum absolute atomic E-state index is 12.2. The highest BCUT2D eigenvalue weighted by molar-refractivity contribution is 6.11. The summed E-state index contributed by atoms with van der Waals surface area (Å²) in [5, 5.41) is 10.7. The van der Waals surface area contributed by atoms with Crippen molar-refractivity contribution in [3.8, 4) is 0 Å². The van der Waals surface area contributed by atoms with E-state index < -0.39 is 16.3 Å². The van der Waals surface area contributed by atoms with Crippen molar-refractivity contribution >= 4 is 17.3 Å². The van der Waals surface area contributed by atoms with Crippen LogP contribution in [0.1, 0.15) is 38.1 Å². The van der Waals surface area contributed by atoms with Gasteiger partial charge in [-0.2, -0.15) is 0 Å². The summed E-state index contributed by atoms with van der Waals surface area (Å²) in [6.45, 7) is 6.76. The summed E-state index contributed by atoms with van der Waals surface area (Å²) in [4.78, 5) is 34.3. The Morgan fingerprint density at radius 2 is 1.84 bits per heavy atom. The second-order valence-electron chi connectivity index (χ2n) is 5.51. The van der Waals surface area contributed by atoms with E-state index in [1.54, 1.807) is 20.8 Å². The first-order valence-electron chi connectivity index (χ1n) is 5.97. The number of ketones is 2. The van der Waals surface area contributed by atoms with E-state index in [9.17, 15) is 19.7 Å². The van der Waals surface area contributed by atoms with Gasteiger partial charge in [-0.25, -0.2) is 0 Å². The molecule has 0 N–H and O–H groups in total. The molecule has 1 aromatic carbocycles. The summed E-state index contributed by atoms with van der Waals surface area (Å²) >= 11 is 0. The molecule has 0 saturated carbocycles. The van der Waals surface area contributed by atoms with Crippen LogP contribution in [0.25, 0.3) is 0 Å². The van der Waals surface area contributed by atoms with Crippen molar-refractivity contribution in [1.29, 1.82) is 0 Å². The van der Waals surface area contributed by atoms with Gasteiger partial charge in [-0.3, -0.25) is 19.7 Å². The average molecular weight is 263 g/mol. The maximum atomic E-state index is 12.2. The molecule has 1 unspecified atom stereocenters. The fourth-order valence-electron chi connectivity index (χ4n) is 1.79. The molecule has 0 aromatic heterocycles.